The number of nitrogens with one attached hydrogen (secondary N) is 2. The summed E-state index contributed by atoms with van der Waals surface area (Å²) in [6.07, 6.45) is 8.11. The SMILES string of the molecule is NC1CC2CCCC(C1)C2NC(=O)C1CCCN1. The van der Waals surface area contributed by atoms with Crippen LogP contribution in [0.15, 0.2) is 0 Å². The summed E-state index contributed by atoms with van der Waals surface area (Å²) in [6, 6.07) is 0.813. The van der Waals surface area contributed by atoms with Crippen molar-refractivity contribution in [2.45, 2.75) is 63.1 Å². The lowest BCUT2D eigenvalue weighted by Gasteiger charge is -2.45. The predicted octanol–water partition coefficient (Wildman–Crippen LogP) is 0.761. The quantitative estimate of drug-likeness (QED) is 0.679. The summed E-state index contributed by atoms with van der Waals surface area (Å²) in [4.78, 5) is 12.2. The number of hydrogen-bond donors (Lipinski definition) is 3. The highest BCUT2D eigenvalue weighted by Gasteiger charge is 2.40. The van der Waals surface area contributed by atoms with Crippen LogP contribution in [0.1, 0.15) is 44.9 Å². The molecular weight excluding hydrogens is 226 g/mol. The van der Waals surface area contributed by atoms with E-state index in [2.05, 4.69) is 10.6 Å². The zero-order chi connectivity index (χ0) is 12.5. The van der Waals surface area contributed by atoms with Crippen LogP contribution in [-0.4, -0.2) is 30.6 Å². The van der Waals surface area contributed by atoms with Crippen molar-refractivity contribution in [1.82, 2.24) is 10.6 Å². The second-order valence-electron chi connectivity index (χ2n) is 6.37. The van der Waals surface area contributed by atoms with Crippen LogP contribution >= 0.6 is 0 Å². The molecule has 4 N–H and O–H groups in total. The van der Waals surface area contributed by atoms with E-state index in [-0.39, 0.29) is 11.9 Å². The molecule has 0 spiro atoms. The molecule has 1 heterocycles. The molecule has 3 aliphatic rings. The molecule has 0 aromatic heterocycles. The molecule has 1 aliphatic heterocycles. The van der Waals surface area contributed by atoms with Crippen molar-refractivity contribution in [3.8, 4) is 0 Å². The number of nitrogens with two attached hydrogens (primary N) is 1. The van der Waals surface area contributed by atoms with Crippen molar-refractivity contribution >= 4 is 5.91 Å². The number of amides is 1. The van der Waals surface area contributed by atoms with Crippen LogP contribution in [0.2, 0.25) is 0 Å². The van der Waals surface area contributed by atoms with Gasteiger partial charge in [0.15, 0.2) is 0 Å². The lowest BCUT2D eigenvalue weighted by atomic mass is 9.67. The number of fused-ring (bicyclic) bond motifs is 2. The molecule has 18 heavy (non-hydrogen) atoms. The molecule has 1 saturated heterocycles. The molecule has 0 radical (unpaired) electrons. The summed E-state index contributed by atoms with van der Waals surface area (Å²) in [5.41, 5.74) is 6.12. The Balaban J connectivity index is 1.62. The summed E-state index contributed by atoms with van der Waals surface area (Å²) >= 11 is 0. The Morgan fingerprint density at radius 3 is 2.44 bits per heavy atom. The van der Waals surface area contributed by atoms with Gasteiger partial charge < -0.3 is 16.4 Å². The van der Waals surface area contributed by atoms with Gasteiger partial charge in [-0.2, -0.15) is 0 Å². The van der Waals surface area contributed by atoms with Crippen molar-refractivity contribution in [2.75, 3.05) is 6.54 Å². The van der Waals surface area contributed by atoms with Crippen LogP contribution in [-0.2, 0) is 4.79 Å². The smallest absolute Gasteiger partial charge is 0.237 e. The van der Waals surface area contributed by atoms with Crippen molar-refractivity contribution in [1.29, 1.82) is 0 Å². The molecule has 3 rings (SSSR count). The number of carbonyl (C=O) groups is 1. The predicted molar refractivity (Wildman–Crippen MR) is 71.0 cm³/mol. The Kier molecular flexibility index (Phi) is 3.57. The first kappa shape index (κ1) is 12.4. The Bertz CT molecular complexity index is 300. The van der Waals surface area contributed by atoms with E-state index in [1.807, 2.05) is 0 Å². The second kappa shape index (κ2) is 5.17. The average Bonchev–Trinajstić information content (AvgIpc) is 2.83. The van der Waals surface area contributed by atoms with E-state index in [0.717, 1.165) is 32.2 Å². The molecule has 4 nitrogen and oxygen atoms in total. The van der Waals surface area contributed by atoms with Crippen molar-refractivity contribution in [3.63, 3.8) is 0 Å². The number of rotatable bonds is 2. The van der Waals surface area contributed by atoms with Crippen LogP contribution in [0.5, 0.6) is 0 Å². The van der Waals surface area contributed by atoms with E-state index in [9.17, 15) is 4.79 Å². The fraction of sp³-hybridized carbons (Fsp3) is 0.929. The highest BCUT2D eigenvalue weighted by molar-refractivity contribution is 5.82. The van der Waals surface area contributed by atoms with E-state index >= 15 is 0 Å². The Morgan fingerprint density at radius 1 is 1.11 bits per heavy atom. The monoisotopic (exact) mass is 251 g/mol. The summed E-state index contributed by atoms with van der Waals surface area (Å²) < 4.78 is 0. The highest BCUT2D eigenvalue weighted by atomic mass is 16.2. The fourth-order valence-corrected chi connectivity index (χ4v) is 4.20. The van der Waals surface area contributed by atoms with Gasteiger partial charge in [0.25, 0.3) is 0 Å². The molecule has 2 aliphatic carbocycles. The molecule has 3 fully saturated rings. The maximum absolute atomic E-state index is 12.2. The van der Waals surface area contributed by atoms with Gasteiger partial charge in [-0.25, -0.2) is 0 Å². The van der Waals surface area contributed by atoms with E-state index in [4.69, 9.17) is 5.73 Å². The van der Waals surface area contributed by atoms with Gasteiger partial charge in [-0.3, -0.25) is 4.79 Å². The summed E-state index contributed by atoms with van der Waals surface area (Å²) in [5.74, 6) is 1.47. The Morgan fingerprint density at radius 2 is 1.83 bits per heavy atom. The van der Waals surface area contributed by atoms with Gasteiger partial charge >= 0.3 is 0 Å². The molecule has 2 bridgehead atoms. The molecule has 4 heteroatoms. The summed E-state index contributed by atoms with van der Waals surface area (Å²) in [6.45, 7) is 0.987. The maximum atomic E-state index is 12.2. The minimum absolute atomic E-state index is 0.0568. The van der Waals surface area contributed by atoms with Gasteiger partial charge in [-0.05, 0) is 56.9 Å². The largest absolute Gasteiger partial charge is 0.351 e. The third-order valence-corrected chi connectivity index (χ3v) is 5.06. The Hall–Kier alpha value is -0.610. The van der Waals surface area contributed by atoms with Crippen LogP contribution in [0.4, 0.5) is 0 Å². The Labute approximate surface area is 109 Å². The minimum atomic E-state index is 0.0568. The lowest BCUT2D eigenvalue weighted by molar-refractivity contribution is -0.125. The number of carbonyl (C=O) groups excluding carboxylic acids is 1. The van der Waals surface area contributed by atoms with E-state index < -0.39 is 0 Å². The zero-order valence-corrected chi connectivity index (χ0v) is 11.0. The molecule has 102 valence electrons. The lowest BCUT2D eigenvalue weighted by Crippen LogP contribution is -2.56. The summed E-state index contributed by atoms with van der Waals surface area (Å²) in [7, 11) is 0. The first-order valence-electron chi connectivity index (χ1n) is 7.53. The van der Waals surface area contributed by atoms with Crippen LogP contribution in [0.3, 0.4) is 0 Å². The minimum Gasteiger partial charge on any atom is -0.351 e. The molecule has 3 unspecified atom stereocenters. The van der Waals surface area contributed by atoms with E-state index in [1.54, 1.807) is 0 Å². The fourth-order valence-electron chi connectivity index (χ4n) is 4.20. The third-order valence-electron chi connectivity index (χ3n) is 5.06. The van der Waals surface area contributed by atoms with Gasteiger partial charge in [0.1, 0.15) is 0 Å². The topological polar surface area (TPSA) is 67.1 Å². The maximum Gasteiger partial charge on any atom is 0.237 e. The van der Waals surface area contributed by atoms with E-state index in [0.29, 0.717) is 23.9 Å². The molecule has 3 atom stereocenters. The third kappa shape index (κ3) is 2.41. The molecule has 2 saturated carbocycles. The van der Waals surface area contributed by atoms with Crippen molar-refractivity contribution in [2.24, 2.45) is 17.6 Å². The van der Waals surface area contributed by atoms with Crippen molar-refractivity contribution in [3.05, 3.63) is 0 Å². The molecular formula is C14H25N3O. The standard InChI is InChI=1S/C14H25N3O/c15-11-7-9-3-1-4-10(8-11)13(9)17-14(18)12-5-2-6-16-12/h9-13,16H,1-8,15H2,(H,17,18). The van der Waals surface area contributed by atoms with Crippen LogP contribution in [0.25, 0.3) is 0 Å². The van der Waals surface area contributed by atoms with Gasteiger partial charge in [0, 0.05) is 12.1 Å². The van der Waals surface area contributed by atoms with Gasteiger partial charge in [0.2, 0.25) is 5.91 Å². The van der Waals surface area contributed by atoms with Gasteiger partial charge in [-0.1, -0.05) is 6.42 Å². The first-order chi connectivity index (χ1) is 8.74. The molecule has 0 aromatic carbocycles. The van der Waals surface area contributed by atoms with Crippen LogP contribution in [0, 0.1) is 11.8 Å². The second-order valence-corrected chi connectivity index (χ2v) is 6.37. The normalized spacial score (nSPS) is 43.7. The number of hydrogen-bond acceptors (Lipinski definition) is 3. The summed E-state index contributed by atoms with van der Waals surface area (Å²) in [5, 5.41) is 6.61. The average molecular weight is 251 g/mol. The molecule has 0 aromatic rings. The molecule has 1 amide bonds. The van der Waals surface area contributed by atoms with Crippen molar-refractivity contribution < 1.29 is 4.79 Å². The van der Waals surface area contributed by atoms with Gasteiger partial charge in [-0.15, -0.1) is 0 Å². The van der Waals surface area contributed by atoms with E-state index in [1.165, 1.54) is 19.3 Å². The highest BCUT2D eigenvalue weighted by Crippen LogP contribution is 2.39. The first-order valence-corrected chi connectivity index (χ1v) is 7.53. The van der Waals surface area contributed by atoms with Crippen LogP contribution < -0.4 is 16.4 Å². The van der Waals surface area contributed by atoms with Gasteiger partial charge in [0.05, 0.1) is 6.04 Å². The zero-order valence-electron chi connectivity index (χ0n) is 11.0.